The average Bonchev–Trinajstić information content (AvgIpc) is 2.51. The summed E-state index contributed by atoms with van der Waals surface area (Å²) < 4.78 is 6.22. The third-order valence-corrected chi connectivity index (χ3v) is 3.15. The molecule has 0 aliphatic rings. The Bertz CT molecular complexity index is 763. The molecule has 1 amide bonds. The first-order valence-electron chi connectivity index (χ1n) is 7.23. The highest BCUT2D eigenvalue weighted by atomic mass is 16.5. The van der Waals surface area contributed by atoms with E-state index in [0.717, 1.165) is 5.56 Å². The van der Waals surface area contributed by atoms with Crippen LogP contribution in [0.4, 0.5) is 5.69 Å². The van der Waals surface area contributed by atoms with Crippen molar-refractivity contribution in [3.05, 3.63) is 64.1 Å². The van der Waals surface area contributed by atoms with Crippen molar-refractivity contribution in [1.82, 2.24) is 4.57 Å². The Morgan fingerprint density at radius 2 is 1.87 bits per heavy atom. The number of nitrogens with zero attached hydrogens (tertiary/aromatic N) is 1. The summed E-state index contributed by atoms with van der Waals surface area (Å²) in [6.45, 7) is 3.79. The van der Waals surface area contributed by atoms with Crippen LogP contribution < -0.4 is 10.9 Å². The molecule has 1 N–H and O–H groups in total. The summed E-state index contributed by atoms with van der Waals surface area (Å²) >= 11 is 0. The largest absolute Gasteiger partial charge is 0.462 e. The van der Waals surface area contributed by atoms with Gasteiger partial charge in [0, 0.05) is 18.0 Å². The number of benzene rings is 1. The van der Waals surface area contributed by atoms with Gasteiger partial charge in [0.15, 0.2) is 0 Å². The topological polar surface area (TPSA) is 77.4 Å². The van der Waals surface area contributed by atoms with E-state index in [4.69, 9.17) is 4.74 Å². The lowest BCUT2D eigenvalue weighted by Gasteiger charge is -2.08. The standard InChI is InChI=1S/C17H18N2O4/c1-3-23-17(22)13-4-6-14(7-5-13)18-15(20)11-19-9-8-12(2)10-16(19)21/h4-10H,3,11H2,1-2H3,(H,18,20). The van der Waals surface area contributed by atoms with Gasteiger partial charge in [-0.05, 0) is 49.7 Å². The fourth-order valence-electron chi connectivity index (χ4n) is 2.00. The minimum absolute atomic E-state index is 0.0707. The molecule has 0 aliphatic heterocycles. The summed E-state index contributed by atoms with van der Waals surface area (Å²) in [7, 11) is 0. The highest BCUT2D eigenvalue weighted by Crippen LogP contribution is 2.10. The van der Waals surface area contributed by atoms with Gasteiger partial charge in [-0.2, -0.15) is 0 Å². The molecule has 0 bridgehead atoms. The number of aromatic nitrogens is 1. The Hall–Kier alpha value is -2.89. The number of esters is 1. The Balaban J connectivity index is 2.00. The molecule has 0 aliphatic carbocycles. The van der Waals surface area contributed by atoms with Crippen molar-refractivity contribution in [3.63, 3.8) is 0 Å². The summed E-state index contributed by atoms with van der Waals surface area (Å²) in [5.74, 6) is -0.726. The first-order valence-corrected chi connectivity index (χ1v) is 7.23. The van der Waals surface area contributed by atoms with E-state index >= 15 is 0 Å². The molecule has 23 heavy (non-hydrogen) atoms. The summed E-state index contributed by atoms with van der Waals surface area (Å²) in [4.78, 5) is 35.3. The molecule has 0 saturated carbocycles. The van der Waals surface area contributed by atoms with Crippen molar-refractivity contribution in [3.8, 4) is 0 Å². The van der Waals surface area contributed by atoms with Gasteiger partial charge in [-0.1, -0.05) is 0 Å². The van der Waals surface area contributed by atoms with Crippen LogP contribution in [0.1, 0.15) is 22.8 Å². The highest BCUT2D eigenvalue weighted by molar-refractivity contribution is 5.93. The van der Waals surface area contributed by atoms with Gasteiger partial charge >= 0.3 is 5.97 Å². The van der Waals surface area contributed by atoms with Crippen LogP contribution in [-0.4, -0.2) is 23.1 Å². The third kappa shape index (κ3) is 4.54. The van der Waals surface area contributed by atoms with Crippen molar-refractivity contribution in [1.29, 1.82) is 0 Å². The van der Waals surface area contributed by atoms with E-state index in [1.165, 1.54) is 10.6 Å². The van der Waals surface area contributed by atoms with Crippen molar-refractivity contribution in [2.75, 3.05) is 11.9 Å². The SMILES string of the molecule is CCOC(=O)c1ccc(NC(=O)Cn2ccc(C)cc2=O)cc1. The van der Waals surface area contributed by atoms with Gasteiger partial charge in [-0.25, -0.2) is 4.79 Å². The number of rotatable bonds is 5. The molecule has 2 rings (SSSR count). The lowest BCUT2D eigenvalue weighted by molar-refractivity contribution is -0.116. The molecule has 120 valence electrons. The van der Waals surface area contributed by atoms with E-state index in [0.29, 0.717) is 17.9 Å². The van der Waals surface area contributed by atoms with Gasteiger partial charge in [0.05, 0.1) is 12.2 Å². The van der Waals surface area contributed by atoms with E-state index in [1.54, 1.807) is 43.5 Å². The van der Waals surface area contributed by atoms with Crippen molar-refractivity contribution in [2.45, 2.75) is 20.4 Å². The van der Waals surface area contributed by atoms with Gasteiger partial charge in [0.1, 0.15) is 6.54 Å². The zero-order chi connectivity index (χ0) is 16.8. The van der Waals surface area contributed by atoms with Gasteiger partial charge in [0.25, 0.3) is 5.56 Å². The fourth-order valence-corrected chi connectivity index (χ4v) is 2.00. The monoisotopic (exact) mass is 314 g/mol. The first kappa shape index (κ1) is 16.5. The summed E-state index contributed by atoms with van der Waals surface area (Å²) in [5.41, 5.74) is 1.59. The second-order valence-corrected chi connectivity index (χ2v) is 5.02. The number of ether oxygens (including phenoxy) is 1. The zero-order valence-corrected chi connectivity index (χ0v) is 13.0. The van der Waals surface area contributed by atoms with Crippen LogP contribution >= 0.6 is 0 Å². The molecule has 6 nitrogen and oxygen atoms in total. The van der Waals surface area contributed by atoms with Gasteiger partial charge < -0.3 is 14.6 Å². The summed E-state index contributed by atoms with van der Waals surface area (Å²) in [5, 5.41) is 2.68. The van der Waals surface area contributed by atoms with Crippen LogP contribution in [0.3, 0.4) is 0 Å². The Labute approximate surface area is 133 Å². The van der Waals surface area contributed by atoms with Crippen LogP contribution in [0.15, 0.2) is 47.4 Å². The molecule has 0 radical (unpaired) electrons. The lowest BCUT2D eigenvalue weighted by Crippen LogP contribution is -2.26. The van der Waals surface area contributed by atoms with Crippen molar-refractivity contribution >= 4 is 17.6 Å². The van der Waals surface area contributed by atoms with Crippen LogP contribution in [0.2, 0.25) is 0 Å². The lowest BCUT2D eigenvalue weighted by atomic mass is 10.2. The van der Waals surface area contributed by atoms with E-state index in [-0.39, 0.29) is 18.0 Å². The van der Waals surface area contributed by atoms with Crippen LogP contribution in [-0.2, 0) is 16.1 Å². The molecular formula is C17H18N2O4. The smallest absolute Gasteiger partial charge is 0.338 e. The summed E-state index contributed by atoms with van der Waals surface area (Å²) in [6, 6.07) is 9.62. The van der Waals surface area contributed by atoms with E-state index in [2.05, 4.69) is 5.32 Å². The average molecular weight is 314 g/mol. The second-order valence-electron chi connectivity index (χ2n) is 5.02. The van der Waals surface area contributed by atoms with Gasteiger partial charge in [0.2, 0.25) is 5.91 Å². The maximum Gasteiger partial charge on any atom is 0.338 e. The molecule has 6 heteroatoms. The quantitative estimate of drug-likeness (QED) is 0.856. The predicted octanol–water partition coefficient (Wildman–Crippen LogP) is 1.97. The number of carbonyl (C=O) groups excluding carboxylic acids is 2. The number of nitrogens with one attached hydrogen (secondary N) is 1. The van der Waals surface area contributed by atoms with E-state index < -0.39 is 5.97 Å². The number of anilines is 1. The molecule has 1 heterocycles. The number of carbonyl (C=O) groups is 2. The number of pyridine rings is 1. The minimum Gasteiger partial charge on any atom is -0.462 e. The number of hydrogen-bond acceptors (Lipinski definition) is 4. The number of hydrogen-bond donors (Lipinski definition) is 1. The van der Waals surface area contributed by atoms with Crippen LogP contribution in [0, 0.1) is 6.92 Å². The van der Waals surface area contributed by atoms with Gasteiger partial charge in [-0.3, -0.25) is 9.59 Å². The highest BCUT2D eigenvalue weighted by Gasteiger charge is 2.08. The summed E-state index contributed by atoms with van der Waals surface area (Å²) in [6.07, 6.45) is 1.58. The van der Waals surface area contributed by atoms with Gasteiger partial charge in [-0.15, -0.1) is 0 Å². The molecule has 0 unspecified atom stereocenters. The molecule has 1 aromatic carbocycles. The third-order valence-electron chi connectivity index (χ3n) is 3.15. The van der Waals surface area contributed by atoms with Crippen LogP contribution in [0.25, 0.3) is 0 Å². The predicted molar refractivity (Wildman–Crippen MR) is 86.5 cm³/mol. The zero-order valence-electron chi connectivity index (χ0n) is 13.0. The Kier molecular flexibility index (Phi) is 5.30. The fraction of sp³-hybridized carbons (Fsp3) is 0.235. The molecular weight excluding hydrogens is 296 g/mol. The molecule has 1 aromatic heterocycles. The molecule has 0 saturated heterocycles. The second kappa shape index (κ2) is 7.40. The Morgan fingerprint density at radius 1 is 1.17 bits per heavy atom. The normalized spacial score (nSPS) is 10.2. The number of amides is 1. The maximum atomic E-state index is 12.0. The van der Waals surface area contributed by atoms with E-state index in [1.807, 2.05) is 6.92 Å². The molecule has 2 aromatic rings. The Morgan fingerprint density at radius 3 is 2.48 bits per heavy atom. The van der Waals surface area contributed by atoms with E-state index in [9.17, 15) is 14.4 Å². The molecule has 0 fully saturated rings. The van der Waals surface area contributed by atoms with Crippen molar-refractivity contribution in [2.24, 2.45) is 0 Å². The minimum atomic E-state index is -0.406. The first-order chi connectivity index (χ1) is 11.0. The number of aryl methyl sites for hydroxylation is 1. The molecule has 0 spiro atoms. The van der Waals surface area contributed by atoms with Crippen LogP contribution in [0.5, 0.6) is 0 Å². The molecule has 0 atom stereocenters. The van der Waals surface area contributed by atoms with Crippen molar-refractivity contribution < 1.29 is 14.3 Å². The maximum absolute atomic E-state index is 12.0.